The van der Waals surface area contributed by atoms with Crippen LogP contribution in [0.15, 0.2) is 18.2 Å². The molecule has 0 radical (unpaired) electrons. The van der Waals surface area contributed by atoms with Gasteiger partial charge in [0.2, 0.25) is 11.5 Å². The average molecular weight is 260 g/mol. The number of aryl methyl sites for hydroxylation is 1. The summed E-state index contributed by atoms with van der Waals surface area (Å²) in [5, 5.41) is 4.85. The number of imide groups is 1. The van der Waals surface area contributed by atoms with Crippen molar-refractivity contribution in [2.24, 2.45) is 0 Å². The van der Waals surface area contributed by atoms with Crippen LogP contribution in [0.1, 0.15) is 24.5 Å². The molecule has 1 aliphatic heterocycles. The van der Waals surface area contributed by atoms with Crippen LogP contribution in [0.25, 0.3) is 0 Å². The number of carbonyl (C=O) groups excluding carboxylic acids is 3. The van der Waals surface area contributed by atoms with Crippen molar-refractivity contribution in [2.75, 3.05) is 5.32 Å². The number of amides is 3. The molecular weight excluding hydrogens is 248 g/mol. The molecule has 6 nitrogen and oxygen atoms in total. The van der Waals surface area contributed by atoms with Crippen LogP contribution in [0.3, 0.4) is 0 Å². The maximum absolute atomic E-state index is 11.9. The van der Waals surface area contributed by atoms with Crippen molar-refractivity contribution in [3.63, 3.8) is 0 Å². The second-order valence-corrected chi connectivity index (χ2v) is 4.72. The molecule has 3 rings (SSSR count). The van der Waals surface area contributed by atoms with Gasteiger partial charge in [0.15, 0.2) is 0 Å². The lowest BCUT2D eigenvalue weighted by Crippen LogP contribution is -2.34. The number of benzene rings is 1. The van der Waals surface area contributed by atoms with Crippen LogP contribution in [0.5, 0.6) is 0 Å². The first kappa shape index (κ1) is 11.7. The molecule has 6 heteroatoms. The van der Waals surface area contributed by atoms with E-state index in [1.54, 1.807) is 12.1 Å². The minimum atomic E-state index is -1.18. The monoisotopic (exact) mass is 260 g/mol. The molecular formula is C13H12N2O4. The molecule has 1 fully saturated rings. The lowest BCUT2D eigenvalue weighted by atomic mass is 9.95. The Balaban J connectivity index is 2.00. The van der Waals surface area contributed by atoms with Gasteiger partial charge in [0, 0.05) is 24.6 Å². The zero-order valence-electron chi connectivity index (χ0n) is 10.3. The molecule has 19 heavy (non-hydrogen) atoms. The molecule has 1 atom stereocenters. The number of alkyl carbamates (subject to hydrolysis) is 1. The summed E-state index contributed by atoms with van der Waals surface area (Å²) in [5.74, 6) is -0.568. The quantitative estimate of drug-likeness (QED) is 0.790. The first-order valence-electron chi connectivity index (χ1n) is 5.97. The number of anilines is 1. The Kier molecular flexibility index (Phi) is 2.35. The van der Waals surface area contributed by atoms with Crippen LogP contribution in [0, 0.1) is 0 Å². The first-order chi connectivity index (χ1) is 9.01. The fourth-order valence-corrected chi connectivity index (χ4v) is 2.69. The van der Waals surface area contributed by atoms with Crippen LogP contribution >= 0.6 is 0 Å². The summed E-state index contributed by atoms with van der Waals surface area (Å²) in [6.45, 7) is 1.43. The van der Waals surface area contributed by atoms with Crippen LogP contribution in [0.4, 0.5) is 10.5 Å². The summed E-state index contributed by atoms with van der Waals surface area (Å²) in [5.41, 5.74) is 1.11. The molecule has 0 saturated carbocycles. The molecule has 1 unspecified atom stereocenters. The van der Waals surface area contributed by atoms with E-state index in [1.807, 2.05) is 6.07 Å². The third kappa shape index (κ3) is 1.68. The standard InChI is InChI=1S/C13H12N2O4/c1-7(16)14-9-2-3-10-8(6-9)4-5-13(10)11(17)15-12(18)19-13/h2-3,6H,4-5H2,1H3,(H,14,16)(H,15,17,18). The van der Waals surface area contributed by atoms with Gasteiger partial charge in [0.1, 0.15) is 0 Å². The largest absolute Gasteiger partial charge is 0.427 e. The fourth-order valence-electron chi connectivity index (χ4n) is 2.69. The van der Waals surface area contributed by atoms with Gasteiger partial charge in [-0.15, -0.1) is 0 Å². The van der Waals surface area contributed by atoms with Crippen molar-refractivity contribution >= 4 is 23.6 Å². The van der Waals surface area contributed by atoms with E-state index < -0.39 is 17.6 Å². The van der Waals surface area contributed by atoms with Crippen molar-refractivity contribution in [3.05, 3.63) is 29.3 Å². The number of fused-ring (bicyclic) bond motifs is 2. The van der Waals surface area contributed by atoms with E-state index in [4.69, 9.17) is 4.74 Å². The number of nitrogens with one attached hydrogen (secondary N) is 2. The highest BCUT2D eigenvalue weighted by atomic mass is 16.6. The summed E-state index contributed by atoms with van der Waals surface area (Å²) in [4.78, 5) is 34.1. The highest BCUT2D eigenvalue weighted by Gasteiger charge is 2.54. The van der Waals surface area contributed by atoms with Gasteiger partial charge in [0.25, 0.3) is 5.91 Å². The number of hydrogen-bond donors (Lipinski definition) is 2. The normalized spacial score (nSPS) is 24.1. The Hall–Kier alpha value is -2.37. The van der Waals surface area contributed by atoms with Crippen molar-refractivity contribution in [1.29, 1.82) is 0 Å². The van der Waals surface area contributed by atoms with E-state index in [0.29, 0.717) is 24.1 Å². The Morgan fingerprint density at radius 2 is 2.21 bits per heavy atom. The predicted molar refractivity (Wildman–Crippen MR) is 65.4 cm³/mol. The van der Waals surface area contributed by atoms with Gasteiger partial charge in [-0.1, -0.05) is 6.07 Å². The van der Waals surface area contributed by atoms with E-state index in [9.17, 15) is 14.4 Å². The summed E-state index contributed by atoms with van der Waals surface area (Å²) >= 11 is 0. The number of carbonyl (C=O) groups is 3. The van der Waals surface area contributed by atoms with Gasteiger partial charge < -0.3 is 10.1 Å². The Morgan fingerprint density at radius 1 is 1.42 bits per heavy atom. The Bertz CT molecular complexity index is 611. The molecule has 1 heterocycles. The van der Waals surface area contributed by atoms with Gasteiger partial charge in [-0.05, 0) is 24.1 Å². The molecule has 0 bridgehead atoms. The van der Waals surface area contributed by atoms with Crippen LogP contribution in [0.2, 0.25) is 0 Å². The van der Waals surface area contributed by atoms with Crippen molar-refractivity contribution in [2.45, 2.75) is 25.4 Å². The number of ether oxygens (including phenoxy) is 1. The molecule has 1 saturated heterocycles. The van der Waals surface area contributed by atoms with E-state index in [0.717, 1.165) is 5.56 Å². The lowest BCUT2D eigenvalue weighted by Gasteiger charge is -2.19. The molecule has 1 spiro atoms. The molecule has 3 amide bonds. The molecule has 1 aromatic rings. The summed E-state index contributed by atoms with van der Waals surface area (Å²) in [6, 6.07) is 5.24. The van der Waals surface area contributed by atoms with E-state index in [2.05, 4.69) is 10.6 Å². The fraction of sp³-hybridized carbons (Fsp3) is 0.308. The SMILES string of the molecule is CC(=O)Nc1ccc2c(c1)CCC21OC(=O)NC1=O. The molecule has 1 aliphatic carbocycles. The van der Waals surface area contributed by atoms with Gasteiger partial charge in [-0.3, -0.25) is 14.9 Å². The molecule has 1 aromatic carbocycles. The van der Waals surface area contributed by atoms with E-state index in [1.165, 1.54) is 6.92 Å². The lowest BCUT2D eigenvalue weighted by molar-refractivity contribution is -0.131. The van der Waals surface area contributed by atoms with Crippen LogP contribution < -0.4 is 10.6 Å². The average Bonchev–Trinajstić information content (AvgIpc) is 2.81. The number of hydrogen-bond acceptors (Lipinski definition) is 4. The van der Waals surface area contributed by atoms with Crippen LogP contribution in [-0.2, 0) is 26.3 Å². The van der Waals surface area contributed by atoms with Gasteiger partial charge in [0.05, 0.1) is 0 Å². The zero-order valence-corrected chi connectivity index (χ0v) is 10.3. The maximum Gasteiger partial charge on any atom is 0.415 e. The Labute approximate surface area is 109 Å². The van der Waals surface area contributed by atoms with Gasteiger partial charge in [-0.2, -0.15) is 0 Å². The van der Waals surface area contributed by atoms with Crippen molar-refractivity contribution in [1.82, 2.24) is 5.32 Å². The highest BCUT2D eigenvalue weighted by Crippen LogP contribution is 2.43. The predicted octanol–water partition coefficient (Wildman–Crippen LogP) is 1.05. The maximum atomic E-state index is 11.9. The first-order valence-corrected chi connectivity index (χ1v) is 5.97. The summed E-state index contributed by atoms with van der Waals surface area (Å²) < 4.78 is 5.18. The van der Waals surface area contributed by atoms with Gasteiger partial charge in [-0.25, -0.2) is 4.79 Å². The minimum Gasteiger partial charge on any atom is -0.427 e. The topological polar surface area (TPSA) is 84.5 Å². The highest BCUT2D eigenvalue weighted by molar-refractivity contribution is 6.04. The minimum absolute atomic E-state index is 0.155. The second kappa shape index (κ2) is 3.81. The summed E-state index contributed by atoms with van der Waals surface area (Å²) in [6.07, 6.45) is 0.358. The van der Waals surface area contributed by atoms with E-state index >= 15 is 0 Å². The zero-order chi connectivity index (χ0) is 13.6. The number of rotatable bonds is 1. The molecule has 98 valence electrons. The van der Waals surface area contributed by atoms with Crippen molar-refractivity contribution in [3.8, 4) is 0 Å². The smallest absolute Gasteiger partial charge is 0.415 e. The molecule has 2 aliphatic rings. The summed E-state index contributed by atoms with van der Waals surface area (Å²) in [7, 11) is 0. The molecule has 2 N–H and O–H groups in total. The van der Waals surface area contributed by atoms with Crippen LogP contribution in [-0.4, -0.2) is 17.9 Å². The van der Waals surface area contributed by atoms with E-state index in [-0.39, 0.29) is 5.91 Å². The second-order valence-electron chi connectivity index (χ2n) is 4.72. The molecule has 0 aromatic heterocycles. The third-order valence-electron chi connectivity index (χ3n) is 3.46. The Morgan fingerprint density at radius 3 is 2.84 bits per heavy atom. The third-order valence-corrected chi connectivity index (χ3v) is 3.46. The van der Waals surface area contributed by atoms with Crippen molar-refractivity contribution < 1.29 is 19.1 Å². The van der Waals surface area contributed by atoms with Gasteiger partial charge >= 0.3 is 6.09 Å².